The monoisotopic (exact) mass is 361 g/mol. The van der Waals surface area contributed by atoms with Crippen molar-refractivity contribution in [2.45, 2.75) is 24.4 Å². The standard InChI is InChI=1S/C16H13F2N5O3/c17-11-3-9(4-12(18)13(11)16(7-19)1-2-16)23-6-10(26-15(23)24)5-20-14-21-8-25-22-14/h3-4,8,10H,1-2,5-6H2,(H,20,22)/t10-/m0/s1. The molecule has 134 valence electrons. The molecule has 1 aromatic heterocycles. The van der Waals surface area contributed by atoms with Gasteiger partial charge in [0.25, 0.3) is 5.95 Å². The summed E-state index contributed by atoms with van der Waals surface area (Å²) in [5.74, 6) is -1.42. The molecule has 26 heavy (non-hydrogen) atoms. The van der Waals surface area contributed by atoms with E-state index in [9.17, 15) is 13.6 Å². The average molecular weight is 361 g/mol. The molecule has 1 aliphatic carbocycles. The molecule has 1 atom stereocenters. The van der Waals surface area contributed by atoms with E-state index in [1.807, 2.05) is 6.07 Å². The number of cyclic esters (lactones) is 1. The highest BCUT2D eigenvalue weighted by Crippen LogP contribution is 2.50. The number of nitrogens with zero attached hydrogens (tertiary/aromatic N) is 4. The van der Waals surface area contributed by atoms with Gasteiger partial charge in [0, 0.05) is 5.56 Å². The number of carbonyl (C=O) groups excluding carboxylic acids is 1. The third kappa shape index (κ3) is 2.71. The zero-order valence-electron chi connectivity index (χ0n) is 13.4. The summed E-state index contributed by atoms with van der Waals surface area (Å²) in [5.41, 5.74) is -1.27. The van der Waals surface area contributed by atoms with Gasteiger partial charge in [-0.2, -0.15) is 10.2 Å². The molecular weight excluding hydrogens is 348 g/mol. The van der Waals surface area contributed by atoms with Crippen molar-refractivity contribution in [1.29, 1.82) is 5.26 Å². The quantitative estimate of drug-likeness (QED) is 0.871. The van der Waals surface area contributed by atoms with E-state index in [1.54, 1.807) is 0 Å². The van der Waals surface area contributed by atoms with Crippen molar-refractivity contribution < 1.29 is 22.8 Å². The lowest BCUT2D eigenvalue weighted by Crippen LogP contribution is -2.28. The van der Waals surface area contributed by atoms with Crippen LogP contribution in [0.25, 0.3) is 0 Å². The molecule has 2 heterocycles. The van der Waals surface area contributed by atoms with E-state index in [0.29, 0.717) is 12.8 Å². The molecule has 1 amide bonds. The number of halogens is 2. The van der Waals surface area contributed by atoms with Crippen LogP contribution in [0.5, 0.6) is 0 Å². The summed E-state index contributed by atoms with van der Waals surface area (Å²) in [7, 11) is 0. The molecule has 1 saturated carbocycles. The van der Waals surface area contributed by atoms with Crippen molar-refractivity contribution in [3.63, 3.8) is 0 Å². The van der Waals surface area contributed by atoms with Gasteiger partial charge in [-0.05, 0) is 30.1 Å². The number of amides is 1. The lowest BCUT2D eigenvalue weighted by Gasteiger charge is -2.16. The summed E-state index contributed by atoms with van der Waals surface area (Å²) in [6.45, 7) is 0.313. The minimum Gasteiger partial charge on any atom is -0.442 e. The summed E-state index contributed by atoms with van der Waals surface area (Å²) >= 11 is 0. The van der Waals surface area contributed by atoms with Crippen molar-refractivity contribution in [2.75, 3.05) is 23.3 Å². The second kappa shape index (κ2) is 5.94. The first-order valence-electron chi connectivity index (χ1n) is 7.91. The number of ether oxygens (including phenoxy) is 1. The Kier molecular flexibility index (Phi) is 3.72. The molecule has 0 unspecified atom stereocenters. The van der Waals surface area contributed by atoms with Gasteiger partial charge >= 0.3 is 6.09 Å². The molecular formula is C16H13F2N5O3. The Morgan fingerprint density at radius 2 is 2.12 bits per heavy atom. The number of benzene rings is 1. The third-order valence-corrected chi connectivity index (χ3v) is 4.50. The van der Waals surface area contributed by atoms with Crippen LogP contribution in [0.15, 0.2) is 23.0 Å². The maximum atomic E-state index is 14.4. The van der Waals surface area contributed by atoms with Gasteiger partial charge in [-0.1, -0.05) is 0 Å². The topological polar surface area (TPSA) is 104 Å². The summed E-state index contributed by atoms with van der Waals surface area (Å²) in [4.78, 5) is 17.0. The van der Waals surface area contributed by atoms with Crippen LogP contribution in [0, 0.1) is 23.0 Å². The Morgan fingerprint density at radius 3 is 2.69 bits per heavy atom. The Labute approximate surface area is 146 Å². The van der Waals surface area contributed by atoms with Crippen LogP contribution in [0.2, 0.25) is 0 Å². The van der Waals surface area contributed by atoms with Crippen molar-refractivity contribution in [3.8, 4) is 6.07 Å². The average Bonchev–Trinajstić information content (AvgIpc) is 3.03. The number of hydrogen-bond acceptors (Lipinski definition) is 7. The zero-order valence-corrected chi connectivity index (χ0v) is 13.4. The molecule has 1 aliphatic heterocycles. The van der Waals surface area contributed by atoms with Crippen LogP contribution in [0.4, 0.5) is 25.2 Å². The molecule has 2 aromatic rings. The SMILES string of the molecule is N#CC1(c2c(F)cc(N3C[C@H](CNc4ncon4)OC3=O)cc2F)CC1. The van der Waals surface area contributed by atoms with Gasteiger partial charge in [0.15, 0.2) is 0 Å². The normalized spacial score (nSPS) is 20.6. The first-order chi connectivity index (χ1) is 12.5. The number of hydrogen-bond donors (Lipinski definition) is 1. The number of aromatic nitrogens is 2. The van der Waals surface area contributed by atoms with Crippen LogP contribution >= 0.6 is 0 Å². The molecule has 1 N–H and O–H groups in total. The van der Waals surface area contributed by atoms with Crippen LogP contribution in [0.3, 0.4) is 0 Å². The van der Waals surface area contributed by atoms with Crippen LogP contribution in [-0.2, 0) is 10.2 Å². The van der Waals surface area contributed by atoms with E-state index in [4.69, 9.17) is 10.00 Å². The second-order valence-electron chi connectivity index (χ2n) is 6.23. The Morgan fingerprint density at radius 1 is 1.38 bits per heavy atom. The predicted octanol–water partition coefficient (Wildman–Crippen LogP) is 2.34. The van der Waals surface area contributed by atoms with Gasteiger partial charge < -0.3 is 14.6 Å². The van der Waals surface area contributed by atoms with Crippen LogP contribution < -0.4 is 10.2 Å². The fraction of sp³-hybridized carbons (Fsp3) is 0.375. The van der Waals surface area contributed by atoms with E-state index < -0.39 is 29.2 Å². The Balaban J connectivity index is 1.51. The number of carbonyl (C=O) groups is 1. The van der Waals surface area contributed by atoms with Crippen LogP contribution in [0.1, 0.15) is 18.4 Å². The van der Waals surface area contributed by atoms with Gasteiger partial charge in [-0.25, -0.2) is 13.6 Å². The lowest BCUT2D eigenvalue weighted by molar-refractivity contribution is 0.147. The van der Waals surface area contributed by atoms with E-state index in [-0.39, 0.29) is 30.3 Å². The number of rotatable bonds is 5. The highest BCUT2D eigenvalue weighted by molar-refractivity contribution is 5.89. The molecule has 4 rings (SSSR count). The van der Waals surface area contributed by atoms with Gasteiger partial charge in [-0.15, -0.1) is 0 Å². The molecule has 2 aliphatic rings. The van der Waals surface area contributed by atoms with E-state index >= 15 is 0 Å². The van der Waals surface area contributed by atoms with Crippen molar-refractivity contribution in [3.05, 3.63) is 35.7 Å². The molecule has 8 nitrogen and oxygen atoms in total. The van der Waals surface area contributed by atoms with E-state index in [0.717, 1.165) is 23.4 Å². The largest absolute Gasteiger partial charge is 0.442 e. The van der Waals surface area contributed by atoms with Gasteiger partial charge in [-0.3, -0.25) is 4.90 Å². The molecule has 0 bridgehead atoms. The highest BCUT2D eigenvalue weighted by Gasteiger charge is 2.49. The van der Waals surface area contributed by atoms with Crippen molar-refractivity contribution >= 4 is 17.7 Å². The maximum absolute atomic E-state index is 14.4. The fourth-order valence-electron chi connectivity index (χ4n) is 3.01. The second-order valence-corrected chi connectivity index (χ2v) is 6.23. The zero-order chi connectivity index (χ0) is 18.3. The van der Waals surface area contributed by atoms with Crippen LogP contribution in [-0.4, -0.2) is 35.4 Å². The first-order valence-corrected chi connectivity index (χ1v) is 7.91. The Hall–Kier alpha value is -3.22. The highest BCUT2D eigenvalue weighted by atomic mass is 19.1. The predicted molar refractivity (Wildman–Crippen MR) is 83.3 cm³/mol. The molecule has 0 spiro atoms. The first kappa shape index (κ1) is 16.3. The molecule has 10 heteroatoms. The number of nitriles is 1. The van der Waals surface area contributed by atoms with Gasteiger partial charge in [0.2, 0.25) is 6.39 Å². The minimum atomic E-state index is -1.09. The summed E-state index contributed by atoms with van der Waals surface area (Å²) in [6, 6.07) is 4.10. The van der Waals surface area contributed by atoms with Crippen molar-refractivity contribution in [2.24, 2.45) is 0 Å². The summed E-state index contributed by atoms with van der Waals surface area (Å²) in [5, 5.41) is 15.6. The number of nitrogens with one attached hydrogen (secondary N) is 1. The molecule has 1 aromatic carbocycles. The Bertz CT molecular complexity index is 869. The minimum absolute atomic E-state index is 0.0459. The third-order valence-electron chi connectivity index (χ3n) is 4.50. The maximum Gasteiger partial charge on any atom is 0.414 e. The molecule has 1 saturated heterocycles. The fourth-order valence-corrected chi connectivity index (χ4v) is 3.01. The van der Waals surface area contributed by atoms with Gasteiger partial charge in [0.1, 0.15) is 17.7 Å². The van der Waals surface area contributed by atoms with Gasteiger partial charge in [0.05, 0.1) is 30.3 Å². The van der Waals surface area contributed by atoms with E-state index in [2.05, 4.69) is 20.0 Å². The summed E-state index contributed by atoms with van der Waals surface area (Å²) < 4.78 is 38.6. The smallest absolute Gasteiger partial charge is 0.414 e. The molecule has 0 radical (unpaired) electrons. The van der Waals surface area contributed by atoms with Crippen molar-refractivity contribution in [1.82, 2.24) is 10.1 Å². The lowest BCUT2D eigenvalue weighted by atomic mass is 9.96. The molecule has 2 fully saturated rings. The summed E-state index contributed by atoms with van der Waals surface area (Å²) in [6.07, 6.45) is 0.730. The van der Waals surface area contributed by atoms with E-state index in [1.165, 1.54) is 0 Å². The number of anilines is 2.